The summed E-state index contributed by atoms with van der Waals surface area (Å²) in [6, 6.07) is 7.39. The van der Waals surface area contributed by atoms with Crippen molar-refractivity contribution in [2.24, 2.45) is 11.8 Å². The number of nitrogens with one attached hydrogen (secondary N) is 1. The second-order valence-electron chi connectivity index (χ2n) is 8.73. The maximum Gasteiger partial charge on any atom is 0.223 e. The summed E-state index contributed by atoms with van der Waals surface area (Å²) in [7, 11) is -3.36. The van der Waals surface area contributed by atoms with Gasteiger partial charge >= 0.3 is 0 Å². The number of hydrogen-bond donors (Lipinski definition) is 1. The highest BCUT2D eigenvalue weighted by Gasteiger charge is 2.31. The molecule has 168 valence electrons. The zero-order valence-electron chi connectivity index (χ0n) is 17.9. The Kier molecular flexibility index (Phi) is 8.74. The van der Waals surface area contributed by atoms with Gasteiger partial charge in [-0.1, -0.05) is 35.0 Å². The first kappa shape index (κ1) is 23.7. The minimum absolute atomic E-state index is 0.00141. The Morgan fingerprint density at radius 2 is 1.83 bits per heavy atom. The summed E-state index contributed by atoms with van der Waals surface area (Å²) in [5.74, 6) is 0.827. The number of nitrogens with zero attached hydrogens (tertiary/aromatic N) is 2. The Labute approximate surface area is 189 Å². The minimum Gasteiger partial charge on any atom is -0.356 e. The van der Waals surface area contributed by atoms with E-state index in [2.05, 4.69) is 33.1 Å². The normalized spacial score (nSPS) is 20.3. The highest BCUT2D eigenvalue weighted by molar-refractivity contribution is 9.10. The molecule has 30 heavy (non-hydrogen) atoms. The first-order chi connectivity index (χ1) is 14.3. The van der Waals surface area contributed by atoms with E-state index in [0.717, 1.165) is 28.9 Å². The molecule has 2 heterocycles. The molecule has 0 radical (unpaired) electrons. The van der Waals surface area contributed by atoms with Gasteiger partial charge in [-0.2, -0.15) is 0 Å². The van der Waals surface area contributed by atoms with E-state index in [1.54, 1.807) is 0 Å². The van der Waals surface area contributed by atoms with Gasteiger partial charge in [0.2, 0.25) is 15.9 Å². The lowest BCUT2D eigenvalue weighted by atomic mass is 9.97. The third kappa shape index (κ3) is 7.04. The van der Waals surface area contributed by atoms with Gasteiger partial charge in [-0.15, -0.1) is 0 Å². The van der Waals surface area contributed by atoms with Crippen LogP contribution in [0.5, 0.6) is 0 Å². The minimum atomic E-state index is -3.36. The maximum absolute atomic E-state index is 12.7. The van der Waals surface area contributed by atoms with E-state index >= 15 is 0 Å². The number of benzene rings is 1. The van der Waals surface area contributed by atoms with Gasteiger partial charge in [0.05, 0.1) is 5.75 Å². The number of sulfonamides is 1. The molecule has 2 fully saturated rings. The zero-order valence-corrected chi connectivity index (χ0v) is 20.3. The third-order valence-corrected chi connectivity index (χ3v) is 8.63. The first-order valence-electron chi connectivity index (χ1n) is 11.1. The molecule has 3 rings (SSSR count). The molecular weight excluding hydrogens is 466 g/mol. The van der Waals surface area contributed by atoms with Crippen molar-refractivity contribution < 1.29 is 13.2 Å². The molecule has 8 heteroatoms. The van der Waals surface area contributed by atoms with Crippen molar-refractivity contribution in [1.82, 2.24) is 14.5 Å². The van der Waals surface area contributed by atoms with Gasteiger partial charge in [-0.25, -0.2) is 12.7 Å². The van der Waals surface area contributed by atoms with Crippen LogP contribution in [-0.4, -0.2) is 62.8 Å². The van der Waals surface area contributed by atoms with Crippen LogP contribution >= 0.6 is 15.9 Å². The number of likely N-dealkylation sites (tertiary alicyclic amines) is 1. The Bertz CT molecular complexity index is 802. The van der Waals surface area contributed by atoms with Crippen LogP contribution in [0.3, 0.4) is 0 Å². The Balaban J connectivity index is 1.36. The van der Waals surface area contributed by atoms with Crippen molar-refractivity contribution in [3.8, 4) is 0 Å². The first-order valence-corrected chi connectivity index (χ1v) is 13.5. The molecule has 2 aliphatic rings. The molecule has 1 aromatic rings. The highest BCUT2D eigenvalue weighted by Crippen LogP contribution is 2.23. The smallest absolute Gasteiger partial charge is 0.223 e. The average molecular weight is 501 g/mol. The predicted octanol–water partition coefficient (Wildman–Crippen LogP) is 3.23. The Morgan fingerprint density at radius 1 is 1.13 bits per heavy atom. The quantitative estimate of drug-likeness (QED) is 0.557. The van der Waals surface area contributed by atoms with Crippen molar-refractivity contribution in [3.63, 3.8) is 0 Å². The van der Waals surface area contributed by atoms with Gasteiger partial charge < -0.3 is 10.2 Å². The van der Waals surface area contributed by atoms with E-state index in [4.69, 9.17) is 0 Å². The van der Waals surface area contributed by atoms with Crippen LogP contribution in [0.2, 0.25) is 0 Å². The van der Waals surface area contributed by atoms with Gasteiger partial charge in [0.15, 0.2) is 0 Å². The molecule has 6 nitrogen and oxygen atoms in total. The van der Waals surface area contributed by atoms with Gasteiger partial charge in [0.25, 0.3) is 0 Å². The molecule has 0 unspecified atom stereocenters. The van der Waals surface area contributed by atoms with E-state index in [1.165, 1.54) is 30.2 Å². The molecule has 2 saturated heterocycles. The maximum atomic E-state index is 12.7. The second kappa shape index (κ2) is 11.1. The SMILES string of the molecule is CC1CCN(CCCNC(=O)C2CCN(S(=O)(=O)Cc3cccc(Br)c3)CC2)CC1. The van der Waals surface area contributed by atoms with Crippen LogP contribution in [0.4, 0.5) is 0 Å². The third-order valence-electron chi connectivity index (χ3n) is 6.28. The molecule has 0 spiro atoms. The Morgan fingerprint density at radius 3 is 2.50 bits per heavy atom. The summed E-state index contributed by atoms with van der Waals surface area (Å²) < 4.78 is 27.9. The molecule has 2 aliphatic heterocycles. The molecular formula is C22H34BrN3O3S. The lowest BCUT2D eigenvalue weighted by Crippen LogP contribution is -2.43. The summed E-state index contributed by atoms with van der Waals surface area (Å²) >= 11 is 3.38. The number of carbonyl (C=O) groups excluding carboxylic acids is 1. The molecule has 0 aromatic heterocycles. The lowest BCUT2D eigenvalue weighted by Gasteiger charge is -2.31. The molecule has 0 aliphatic carbocycles. The number of piperidine rings is 2. The fourth-order valence-corrected chi connectivity index (χ4v) is 6.27. The van der Waals surface area contributed by atoms with Crippen LogP contribution in [0.15, 0.2) is 28.7 Å². The van der Waals surface area contributed by atoms with Crippen molar-refractivity contribution in [3.05, 3.63) is 34.3 Å². The largest absolute Gasteiger partial charge is 0.356 e. The summed E-state index contributed by atoms with van der Waals surface area (Å²) in [5, 5.41) is 3.06. The van der Waals surface area contributed by atoms with Crippen LogP contribution in [0, 0.1) is 11.8 Å². The standard InChI is InChI=1S/C22H34BrN3O3S/c1-18-6-12-25(13-7-18)11-3-10-24-22(27)20-8-14-26(15-9-20)30(28,29)17-19-4-2-5-21(23)16-19/h2,4-5,16,18,20H,3,6-15,17H2,1H3,(H,24,27). The highest BCUT2D eigenvalue weighted by atomic mass is 79.9. The van der Waals surface area contributed by atoms with Crippen molar-refractivity contribution in [2.45, 2.75) is 44.8 Å². The van der Waals surface area contributed by atoms with E-state index in [0.29, 0.717) is 32.5 Å². The van der Waals surface area contributed by atoms with E-state index in [9.17, 15) is 13.2 Å². The lowest BCUT2D eigenvalue weighted by molar-refractivity contribution is -0.126. The zero-order chi connectivity index (χ0) is 21.6. The van der Waals surface area contributed by atoms with Gasteiger partial charge in [-0.05, 0) is 75.4 Å². The molecule has 0 bridgehead atoms. The van der Waals surface area contributed by atoms with Gasteiger partial charge in [0.1, 0.15) is 0 Å². The number of hydrogen-bond acceptors (Lipinski definition) is 4. The van der Waals surface area contributed by atoms with Crippen molar-refractivity contribution in [1.29, 1.82) is 0 Å². The van der Waals surface area contributed by atoms with E-state index < -0.39 is 10.0 Å². The summed E-state index contributed by atoms with van der Waals surface area (Å²) in [6.45, 7) is 7.23. The van der Waals surface area contributed by atoms with E-state index in [1.807, 2.05) is 24.3 Å². The number of rotatable bonds is 8. The summed E-state index contributed by atoms with van der Waals surface area (Å²) in [4.78, 5) is 15.0. The van der Waals surface area contributed by atoms with Crippen LogP contribution in [-0.2, 0) is 20.6 Å². The van der Waals surface area contributed by atoms with Gasteiger partial charge in [-0.3, -0.25) is 4.79 Å². The Hall–Kier alpha value is -0.960. The van der Waals surface area contributed by atoms with E-state index in [-0.39, 0.29) is 17.6 Å². The van der Waals surface area contributed by atoms with Crippen LogP contribution in [0.25, 0.3) is 0 Å². The topological polar surface area (TPSA) is 69.7 Å². The molecule has 1 amide bonds. The van der Waals surface area contributed by atoms with Crippen LogP contribution < -0.4 is 5.32 Å². The van der Waals surface area contributed by atoms with Crippen molar-refractivity contribution >= 4 is 31.9 Å². The number of amides is 1. The fraction of sp³-hybridized carbons (Fsp3) is 0.682. The van der Waals surface area contributed by atoms with Crippen LogP contribution in [0.1, 0.15) is 44.6 Å². The number of halogens is 1. The fourth-order valence-electron chi connectivity index (χ4n) is 4.27. The predicted molar refractivity (Wildman–Crippen MR) is 124 cm³/mol. The molecule has 1 aromatic carbocycles. The van der Waals surface area contributed by atoms with Crippen molar-refractivity contribution in [2.75, 3.05) is 39.3 Å². The number of carbonyl (C=O) groups is 1. The molecule has 0 saturated carbocycles. The second-order valence-corrected chi connectivity index (χ2v) is 11.6. The average Bonchev–Trinajstić information content (AvgIpc) is 2.72. The molecule has 1 N–H and O–H groups in total. The van der Waals surface area contributed by atoms with Gasteiger partial charge in [0, 0.05) is 30.0 Å². The summed E-state index contributed by atoms with van der Waals surface area (Å²) in [6.07, 6.45) is 4.70. The summed E-state index contributed by atoms with van der Waals surface area (Å²) in [5.41, 5.74) is 0.771. The molecule has 0 atom stereocenters. The monoisotopic (exact) mass is 499 g/mol.